The number of hydrogen-bond acceptors (Lipinski definition) is 2. The van der Waals surface area contributed by atoms with E-state index in [1.807, 2.05) is 0 Å². The van der Waals surface area contributed by atoms with Crippen LogP contribution in [0.15, 0.2) is 16.6 Å². The minimum atomic E-state index is -0.0654. The Hall–Kier alpha value is -0.830. The van der Waals surface area contributed by atoms with Gasteiger partial charge in [0.25, 0.3) is 0 Å². The molecule has 0 fully saturated rings. The van der Waals surface area contributed by atoms with Crippen molar-refractivity contribution in [1.29, 1.82) is 0 Å². The Morgan fingerprint density at radius 3 is 2.38 bits per heavy atom. The van der Waals surface area contributed by atoms with Gasteiger partial charge in [-0.25, -0.2) is 0 Å². The smallest absolute Gasteiger partial charge is 0.166 e. The van der Waals surface area contributed by atoms with E-state index in [1.165, 1.54) is 0 Å². The van der Waals surface area contributed by atoms with Crippen molar-refractivity contribution in [2.24, 2.45) is 0 Å². The minimum Gasteiger partial charge on any atom is -0.507 e. The first-order valence-electron chi connectivity index (χ1n) is 5.33. The van der Waals surface area contributed by atoms with Gasteiger partial charge in [-0.3, -0.25) is 4.79 Å². The van der Waals surface area contributed by atoms with Crippen molar-refractivity contribution >= 4 is 21.7 Å². The summed E-state index contributed by atoms with van der Waals surface area (Å²) >= 11 is 3.45. The van der Waals surface area contributed by atoms with Crippen LogP contribution < -0.4 is 0 Å². The van der Waals surface area contributed by atoms with Crippen molar-refractivity contribution < 1.29 is 9.90 Å². The quantitative estimate of drug-likeness (QED) is 0.832. The van der Waals surface area contributed by atoms with E-state index in [0.717, 1.165) is 10.0 Å². The molecule has 1 aromatic rings. The zero-order valence-corrected chi connectivity index (χ0v) is 11.7. The average molecular weight is 285 g/mol. The zero-order chi connectivity index (χ0) is 12.5. The van der Waals surface area contributed by atoms with Gasteiger partial charge in [-0.05, 0) is 23.1 Å². The van der Waals surface area contributed by atoms with E-state index < -0.39 is 0 Å². The zero-order valence-electron chi connectivity index (χ0n) is 10.1. The second kappa shape index (κ2) is 4.58. The lowest BCUT2D eigenvalue weighted by Gasteiger charge is -2.21. The fourth-order valence-corrected chi connectivity index (χ4v) is 2.49. The standard InChI is InChI=1S/C13H17BrO2/c1-5-11(15)8-6-10(14)9(7-12(8)16)13(2,3)4/h6-7,16H,5H2,1-4H3. The molecule has 2 nitrogen and oxygen atoms in total. The van der Waals surface area contributed by atoms with E-state index in [2.05, 4.69) is 36.7 Å². The van der Waals surface area contributed by atoms with Gasteiger partial charge < -0.3 is 5.11 Å². The van der Waals surface area contributed by atoms with Gasteiger partial charge >= 0.3 is 0 Å². The monoisotopic (exact) mass is 284 g/mol. The van der Waals surface area contributed by atoms with Crippen LogP contribution in [0.2, 0.25) is 0 Å². The van der Waals surface area contributed by atoms with Gasteiger partial charge in [0.15, 0.2) is 5.78 Å². The topological polar surface area (TPSA) is 37.3 Å². The number of carbonyl (C=O) groups excluding carboxylic acids is 1. The van der Waals surface area contributed by atoms with Crippen LogP contribution in [0.3, 0.4) is 0 Å². The summed E-state index contributed by atoms with van der Waals surface area (Å²) < 4.78 is 0.870. The summed E-state index contributed by atoms with van der Waals surface area (Å²) in [6.45, 7) is 7.98. The number of phenolic OH excluding ortho intramolecular Hbond substituents is 1. The second-order valence-corrected chi connectivity index (χ2v) is 5.73. The number of ketones is 1. The van der Waals surface area contributed by atoms with Crippen LogP contribution in [0.4, 0.5) is 0 Å². The normalized spacial score (nSPS) is 11.6. The van der Waals surface area contributed by atoms with Crippen LogP contribution in [0.1, 0.15) is 50.0 Å². The molecule has 88 valence electrons. The van der Waals surface area contributed by atoms with Crippen molar-refractivity contribution in [3.63, 3.8) is 0 Å². The van der Waals surface area contributed by atoms with Crippen LogP contribution in [0.5, 0.6) is 5.75 Å². The molecule has 0 aliphatic rings. The third-order valence-corrected chi connectivity index (χ3v) is 3.17. The van der Waals surface area contributed by atoms with Crippen molar-refractivity contribution in [2.45, 2.75) is 39.5 Å². The Kier molecular flexibility index (Phi) is 3.79. The van der Waals surface area contributed by atoms with Gasteiger partial charge in [0.1, 0.15) is 5.75 Å². The van der Waals surface area contributed by atoms with Gasteiger partial charge in [0.05, 0.1) is 5.56 Å². The first kappa shape index (κ1) is 13.2. The summed E-state index contributed by atoms with van der Waals surface area (Å²) in [7, 11) is 0. The number of phenols is 1. The summed E-state index contributed by atoms with van der Waals surface area (Å²) in [5, 5.41) is 9.84. The third-order valence-electron chi connectivity index (χ3n) is 2.51. The first-order chi connectivity index (χ1) is 7.27. The SMILES string of the molecule is CCC(=O)c1cc(Br)c(C(C)(C)C)cc1O. The highest BCUT2D eigenvalue weighted by Gasteiger charge is 2.20. The van der Waals surface area contributed by atoms with Crippen LogP contribution in [-0.2, 0) is 5.41 Å². The molecule has 0 bridgehead atoms. The number of rotatable bonds is 2. The average Bonchev–Trinajstić information content (AvgIpc) is 2.18. The number of halogens is 1. The largest absolute Gasteiger partial charge is 0.507 e. The summed E-state index contributed by atoms with van der Waals surface area (Å²) in [6.07, 6.45) is 0.398. The third kappa shape index (κ3) is 2.64. The van der Waals surface area contributed by atoms with Crippen LogP contribution >= 0.6 is 15.9 Å². The predicted octanol–water partition coefficient (Wildman–Crippen LogP) is 4.04. The van der Waals surface area contributed by atoms with Crippen molar-refractivity contribution in [2.75, 3.05) is 0 Å². The fourth-order valence-electron chi connectivity index (χ4n) is 1.55. The van der Waals surface area contributed by atoms with Crippen LogP contribution in [-0.4, -0.2) is 10.9 Å². The summed E-state index contributed by atoms with van der Waals surface area (Å²) in [6, 6.07) is 3.38. The number of Topliss-reactive ketones (excluding diaryl/α,β-unsaturated/α-hetero) is 1. The maximum absolute atomic E-state index is 11.6. The predicted molar refractivity (Wildman–Crippen MR) is 69.1 cm³/mol. The first-order valence-corrected chi connectivity index (χ1v) is 6.13. The molecule has 0 radical (unpaired) electrons. The molecule has 0 aliphatic carbocycles. The second-order valence-electron chi connectivity index (χ2n) is 4.88. The van der Waals surface area contributed by atoms with Gasteiger partial charge in [0, 0.05) is 10.9 Å². The lowest BCUT2D eigenvalue weighted by atomic mass is 9.86. The number of hydrogen-bond donors (Lipinski definition) is 1. The highest BCUT2D eigenvalue weighted by atomic mass is 79.9. The Balaban J connectivity index is 3.33. The molecule has 0 atom stereocenters. The van der Waals surface area contributed by atoms with Gasteiger partial charge in [-0.15, -0.1) is 0 Å². The number of carbonyl (C=O) groups is 1. The van der Waals surface area contributed by atoms with Crippen molar-refractivity contribution in [3.8, 4) is 5.75 Å². The molecule has 3 heteroatoms. The van der Waals surface area contributed by atoms with Crippen molar-refractivity contribution in [1.82, 2.24) is 0 Å². The highest BCUT2D eigenvalue weighted by molar-refractivity contribution is 9.10. The summed E-state index contributed by atoms with van der Waals surface area (Å²) in [5.74, 6) is 0.0265. The molecular formula is C13H17BrO2. The van der Waals surface area contributed by atoms with E-state index in [9.17, 15) is 9.90 Å². The summed E-state index contributed by atoms with van der Waals surface area (Å²) in [4.78, 5) is 11.6. The van der Waals surface area contributed by atoms with E-state index in [0.29, 0.717) is 12.0 Å². The molecule has 1 aromatic carbocycles. The lowest BCUT2D eigenvalue weighted by Crippen LogP contribution is -2.12. The highest BCUT2D eigenvalue weighted by Crippen LogP contribution is 2.35. The lowest BCUT2D eigenvalue weighted by molar-refractivity contribution is 0.0985. The van der Waals surface area contributed by atoms with Crippen LogP contribution in [0.25, 0.3) is 0 Å². The maximum atomic E-state index is 11.6. The van der Waals surface area contributed by atoms with E-state index in [4.69, 9.17) is 0 Å². The number of benzene rings is 1. The van der Waals surface area contributed by atoms with Gasteiger partial charge in [-0.1, -0.05) is 43.6 Å². The van der Waals surface area contributed by atoms with Gasteiger partial charge in [-0.2, -0.15) is 0 Å². The number of aromatic hydroxyl groups is 1. The molecule has 16 heavy (non-hydrogen) atoms. The molecule has 0 saturated carbocycles. The molecule has 0 spiro atoms. The van der Waals surface area contributed by atoms with E-state index in [-0.39, 0.29) is 16.9 Å². The summed E-state index contributed by atoms with van der Waals surface area (Å²) in [5.41, 5.74) is 1.32. The molecule has 0 amide bonds. The Labute approximate surface area is 105 Å². The van der Waals surface area contributed by atoms with E-state index in [1.54, 1.807) is 19.1 Å². The molecule has 1 N–H and O–H groups in total. The molecule has 0 saturated heterocycles. The van der Waals surface area contributed by atoms with Gasteiger partial charge in [0.2, 0.25) is 0 Å². The molecule has 0 aromatic heterocycles. The Morgan fingerprint density at radius 1 is 1.38 bits per heavy atom. The molecule has 1 rings (SSSR count). The van der Waals surface area contributed by atoms with E-state index >= 15 is 0 Å². The molecule has 0 heterocycles. The molecular weight excluding hydrogens is 268 g/mol. The molecule has 0 unspecified atom stereocenters. The van der Waals surface area contributed by atoms with Crippen LogP contribution in [0, 0.1) is 0 Å². The molecule has 0 aliphatic heterocycles. The Bertz CT molecular complexity index is 417. The van der Waals surface area contributed by atoms with Crippen molar-refractivity contribution in [3.05, 3.63) is 27.7 Å². The Morgan fingerprint density at radius 2 is 1.94 bits per heavy atom. The maximum Gasteiger partial charge on any atom is 0.166 e. The minimum absolute atomic E-state index is 0.0429. The fraction of sp³-hybridized carbons (Fsp3) is 0.462.